The van der Waals surface area contributed by atoms with Crippen LogP contribution in [0.1, 0.15) is 20.3 Å². The first-order chi connectivity index (χ1) is 7.47. The summed E-state index contributed by atoms with van der Waals surface area (Å²) in [5, 5.41) is 7.35. The van der Waals surface area contributed by atoms with E-state index in [9.17, 15) is 14.4 Å². The minimum absolute atomic E-state index is 0.152. The van der Waals surface area contributed by atoms with E-state index in [1.54, 1.807) is 13.8 Å². The van der Waals surface area contributed by atoms with Gasteiger partial charge in [-0.15, -0.1) is 0 Å². The van der Waals surface area contributed by atoms with Gasteiger partial charge in [0.15, 0.2) is 0 Å². The second-order valence-electron chi connectivity index (χ2n) is 3.24. The monoisotopic (exact) mass is 230 g/mol. The first-order valence-electron chi connectivity index (χ1n) is 5.07. The molecule has 5 N–H and O–H groups in total. The highest BCUT2D eigenvalue weighted by atomic mass is 16.2. The third kappa shape index (κ3) is 6.77. The van der Waals surface area contributed by atoms with E-state index in [0.717, 1.165) is 0 Å². The van der Waals surface area contributed by atoms with E-state index in [0.29, 0.717) is 13.1 Å². The van der Waals surface area contributed by atoms with Crippen molar-refractivity contribution in [2.45, 2.75) is 26.3 Å². The summed E-state index contributed by atoms with van der Waals surface area (Å²) in [5.74, 6) is -0.890. The molecule has 7 nitrogen and oxygen atoms in total. The summed E-state index contributed by atoms with van der Waals surface area (Å²) < 4.78 is 0. The van der Waals surface area contributed by atoms with Crippen LogP contribution in [0.2, 0.25) is 0 Å². The summed E-state index contributed by atoms with van der Waals surface area (Å²) in [6.45, 7) is 4.09. The molecular weight excluding hydrogens is 212 g/mol. The van der Waals surface area contributed by atoms with Crippen LogP contribution >= 0.6 is 0 Å². The molecule has 4 amide bonds. The van der Waals surface area contributed by atoms with Crippen LogP contribution in [0.25, 0.3) is 0 Å². The van der Waals surface area contributed by atoms with Gasteiger partial charge in [-0.3, -0.25) is 14.9 Å². The number of carbonyl (C=O) groups excluding carboxylic acids is 3. The van der Waals surface area contributed by atoms with Gasteiger partial charge in [-0.2, -0.15) is 0 Å². The van der Waals surface area contributed by atoms with E-state index in [4.69, 9.17) is 5.73 Å². The smallest absolute Gasteiger partial charge is 0.321 e. The number of hydrogen-bond acceptors (Lipinski definition) is 4. The van der Waals surface area contributed by atoms with Crippen LogP contribution in [-0.2, 0) is 9.59 Å². The average Bonchev–Trinajstić information content (AvgIpc) is 2.17. The maximum Gasteiger partial charge on any atom is 0.321 e. The Morgan fingerprint density at radius 3 is 2.44 bits per heavy atom. The Morgan fingerprint density at radius 1 is 1.31 bits per heavy atom. The van der Waals surface area contributed by atoms with Crippen molar-refractivity contribution in [1.29, 1.82) is 0 Å². The van der Waals surface area contributed by atoms with Crippen LogP contribution in [-0.4, -0.2) is 37.0 Å². The highest BCUT2D eigenvalue weighted by Gasteiger charge is 2.14. The van der Waals surface area contributed by atoms with E-state index in [1.165, 1.54) is 0 Å². The average molecular weight is 230 g/mol. The SMILES string of the molecule is CCNC(=O)NC(=O)C(C)NCCC(N)=O. The number of amides is 4. The Morgan fingerprint density at radius 2 is 1.94 bits per heavy atom. The molecule has 0 fully saturated rings. The molecule has 0 aliphatic heterocycles. The van der Waals surface area contributed by atoms with Crippen molar-refractivity contribution < 1.29 is 14.4 Å². The molecule has 0 bridgehead atoms. The Balaban J connectivity index is 3.81. The summed E-state index contributed by atoms with van der Waals surface area (Å²) in [6, 6.07) is -1.09. The van der Waals surface area contributed by atoms with Gasteiger partial charge in [0.1, 0.15) is 0 Å². The largest absolute Gasteiger partial charge is 0.370 e. The molecule has 0 spiro atoms. The summed E-state index contributed by atoms with van der Waals surface area (Å²) in [4.78, 5) is 32.8. The third-order valence-corrected chi connectivity index (χ3v) is 1.79. The van der Waals surface area contributed by atoms with Crippen molar-refractivity contribution in [3.8, 4) is 0 Å². The number of imide groups is 1. The van der Waals surface area contributed by atoms with Gasteiger partial charge in [-0.1, -0.05) is 0 Å². The highest BCUT2D eigenvalue weighted by molar-refractivity contribution is 5.96. The predicted octanol–water partition coefficient (Wildman–Crippen LogP) is -1.31. The van der Waals surface area contributed by atoms with Gasteiger partial charge in [-0.25, -0.2) is 4.79 Å². The number of rotatable bonds is 6. The van der Waals surface area contributed by atoms with E-state index in [-0.39, 0.29) is 6.42 Å². The molecule has 0 aliphatic carbocycles. The molecule has 0 radical (unpaired) electrons. The fourth-order valence-corrected chi connectivity index (χ4v) is 0.929. The number of nitrogens with two attached hydrogens (primary N) is 1. The number of hydrogen-bond donors (Lipinski definition) is 4. The lowest BCUT2D eigenvalue weighted by Gasteiger charge is -2.12. The van der Waals surface area contributed by atoms with Crippen LogP contribution < -0.4 is 21.7 Å². The van der Waals surface area contributed by atoms with Crippen molar-refractivity contribution in [1.82, 2.24) is 16.0 Å². The van der Waals surface area contributed by atoms with Crippen LogP contribution in [0, 0.1) is 0 Å². The molecule has 0 heterocycles. The zero-order chi connectivity index (χ0) is 12.6. The Bertz CT molecular complexity index is 267. The van der Waals surface area contributed by atoms with E-state index in [1.807, 2.05) is 0 Å². The van der Waals surface area contributed by atoms with E-state index in [2.05, 4.69) is 16.0 Å². The Labute approximate surface area is 94.1 Å². The second kappa shape index (κ2) is 7.63. The second-order valence-corrected chi connectivity index (χ2v) is 3.24. The minimum atomic E-state index is -0.554. The van der Waals surface area contributed by atoms with Crippen LogP contribution in [0.15, 0.2) is 0 Å². The van der Waals surface area contributed by atoms with Gasteiger partial charge >= 0.3 is 6.03 Å². The van der Waals surface area contributed by atoms with Crippen molar-refractivity contribution in [3.05, 3.63) is 0 Å². The Kier molecular flexibility index (Phi) is 6.86. The summed E-state index contributed by atoms with van der Waals surface area (Å²) in [7, 11) is 0. The van der Waals surface area contributed by atoms with E-state index >= 15 is 0 Å². The lowest BCUT2D eigenvalue weighted by molar-refractivity contribution is -0.122. The van der Waals surface area contributed by atoms with E-state index < -0.39 is 23.9 Å². The van der Waals surface area contributed by atoms with Gasteiger partial charge in [-0.05, 0) is 13.8 Å². The first-order valence-corrected chi connectivity index (χ1v) is 5.07. The molecule has 0 aromatic rings. The summed E-state index contributed by atoms with van der Waals surface area (Å²) in [5.41, 5.74) is 4.93. The molecule has 1 unspecified atom stereocenters. The first kappa shape index (κ1) is 14.4. The third-order valence-electron chi connectivity index (χ3n) is 1.79. The fraction of sp³-hybridized carbons (Fsp3) is 0.667. The normalized spacial score (nSPS) is 11.6. The van der Waals surface area contributed by atoms with Crippen molar-refractivity contribution in [3.63, 3.8) is 0 Å². The lowest BCUT2D eigenvalue weighted by atomic mass is 10.3. The predicted molar refractivity (Wildman–Crippen MR) is 58.5 cm³/mol. The zero-order valence-electron chi connectivity index (χ0n) is 9.50. The van der Waals surface area contributed by atoms with Crippen molar-refractivity contribution >= 4 is 17.8 Å². The molecule has 0 saturated carbocycles. The quantitative estimate of drug-likeness (QED) is 0.453. The summed E-state index contributed by atoms with van der Waals surface area (Å²) in [6.07, 6.45) is 0.152. The molecular formula is C9H18N4O3. The van der Waals surface area contributed by atoms with Crippen LogP contribution in [0.5, 0.6) is 0 Å². The lowest BCUT2D eigenvalue weighted by Crippen LogP contribution is -2.48. The van der Waals surface area contributed by atoms with Gasteiger partial charge in [0, 0.05) is 19.5 Å². The molecule has 0 aromatic heterocycles. The highest BCUT2D eigenvalue weighted by Crippen LogP contribution is 1.83. The standard InChI is InChI=1S/C9H18N4O3/c1-3-11-9(16)13-8(15)6(2)12-5-4-7(10)14/h6,12H,3-5H2,1-2H3,(H2,10,14)(H2,11,13,15,16). The van der Waals surface area contributed by atoms with Gasteiger partial charge in [0.05, 0.1) is 6.04 Å². The van der Waals surface area contributed by atoms with Gasteiger partial charge < -0.3 is 16.4 Å². The minimum Gasteiger partial charge on any atom is -0.370 e. The molecule has 1 atom stereocenters. The number of urea groups is 1. The van der Waals surface area contributed by atoms with Gasteiger partial charge in [0.2, 0.25) is 11.8 Å². The zero-order valence-corrected chi connectivity index (χ0v) is 9.50. The number of primary amides is 1. The molecule has 0 aliphatic rings. The van der Waals surface area contributed by atoms with Crippen molar-refractivity contribution in [2.75, 3.05) is 13.1 Å². The maximum absolute atomic E-state index is 11.4. The number of nitrogens with one attached hydrogen (secondary N) is 3. The molecule has 0 saturated heterocycles. The molecule has 92 valence electrons. The fourth-order valence-electron chi connectivity index (χ4n) is 0.929. The van der Waals surface area contributed by atoms with Crippen molar-refractivity contribution in [2.24, 2.45) is 5.73 Å². The number of carbonyl (C=O) groups is 3. The molecule has 0 rings (SSSR count). The summed E-state index contributed by atoms with van der Waals surface area (Å²) >= 11 is 0. The maximum atomic E-state index is 11.4. The molecule has 7 heteroatoms. The van der Waals surface area contributed by atoms with Gasteiger partial charge in [0.25, 0.3) is 0 Å². The Hall–Kier alpha value is -1.63. The topological polar surface area (TPSA) is 113 Å². The molecule has 16 heavy (non-hydrogen) atoms. The molecule has 0 aromatic carbocycles. The van der Waals surface area contributed by atoms with Crippen LogP contribution in [0.4, 0.5) is 4.79 Å². The van der Waals surface area contributed by atoms with Crippen LogP contribution in [0.3, 0.4) is 0 Å².